The third-order valence-corrected chi connectivity index (χ3v) is 4.42. The normalized spacial score (nSPS) is 10.4. The number of hydrogen-bond donors (Lipinski definition) is 1. The van der Waals surface area contributed by atoms with Gasteiger partial charge in [-0.25, -0.2) is 9.36 Å². The molecule has 27 heavy (non-hydrogen) atoms. The molecule has 1 heterocycles. The lowest BCUT2D eigenvalue weighted by atomic mass is 10.1. The van der Waals surface area contributed by atoms with E-state index in [0.29, 0.717) is 22.2 Å². The first kappa shape index (κ1) is 16.9. The van der Waals surface area contributed by atoms with Crippen LogP contribution in [0, 0.1) is 11.8 Å². The average Bonchev–Trinajstić information content (AvgIpc) is 2.68. The molecule has 0 radical (unpaired) electrons. The molecule has 0 aliphatic heterocycles. The van der Waals surface area contributed by atoms with Crippen LogP contribution in [-0.2, 0) is 0 Å². The third kappa shape index (κ3) is 3.29. The number of hydrogen-bond acceptors (Lipinski definition) is 2. The van der Waals surface area contributed by atoms with Gasteiger partial charge in [-0.05, 0) is 42.5 Å². The highest BCUT2D eigenvalue weighted by molar-refractivity contribution is 6.32. The largest absolute Gasteiger partial charge is 0.333 e. The first-order valence-corrected chi connectivity index (χ1v) is 8.62. The monoisotopic (exact) mass is 372 g/mol. The number of benzene rings is 3. The second-order valence-electron chi connectivity index (χ2n) is 5.90. The van der Waals surface area contributed by atoms with E-state index in [2.05, 4.69) is 16.8 Å². The van der Waals surface area contributed by atoms with Gasteiger partial charge in [0.2, 0.25) is 0 Å². The molecule has 4 rings (SSSR count). The molecule has 3 aromatic carbocycles. The second kappa shape index (κ2) is 6.99. The van der Waals surface area contributed by atoms with Crippen LogP contribution in [0.15, 0.2) is 82.4 Å². The predicted octanol–water partition coefficient (Wildman–Crippen LogP) is 3.73. The van der Waals surface area contributed by atoms with Crippen LogP contribution in [0.5, 0.6) is 0 Å². The van der Waals surface area contributed by atoms with Crippen LogP contribution < -0.4 is 11.2 Å². The first-order valence-electron chi connectivity index (χ1n) is 8.24. The summed E-state index contributed by atoms with van der Waals surface area (Å²) in [6, 6.07) is 21.4. The molecule has 5 heteroatoms. The lowest BCUT2D eigenvalue weighted by molar-refractivity contribution is 0.901. The Labute approximate surface area is 159 Å². The van der Waals surface area contributed by atoms with Crippen molar-refractivity contribution in [3.63, 3.8) is 0 Å². The van der Waals surface area contributed by atoms with Gasteiger partial charge in [0, 0.05) is 11.1 Å². The molecule has 0 aliphatic carbocycles. The summed E-state index contributed by atoms with van der Waals surface area (Å²) < 4.78 is 1.04. The van der Waals surface area contributed by atoms with Crippen molar-refractivity contribution in [1.29, 1.82) is 0 Å². The van der Waals surface area contributed by atoms with Crippen molar-refractivity contribution >= 4 is 22.5 Å². The van der Waals surface area contributed by atoms with E-state index in [9.17, 15) is 9.59 Å². The Kier molecular flexibility index (Phi) is 4.37. The average molecular weight is 373 g/mol. The number of H-pyrrole nitrogens is 1. The molecule has 4 nitrogen and oxygen atoms in total. The Morgan fingerprint density at radius 1 is 0.815 bits per heavy atom. The third-order valence-electron chi connectivity index (χ3n) is 4.12. The molecule has 1 aromatic heterocycles. The summed E-state index contributed by atoms with van der Waals surface area (Å²) >= 11 is 6.36. The summed E-state index contributed by atoms with van der Waals surface area (Å²) in [7, 11) is 0. The SMILES string of the molecule is O=c1[nH]c2ccccc2c(=O)n1-c1ccc(C#Cc2ccccc2)cc1Cl. The highest BCUT2D eigenvalue weighted by atomic mass is 35.5. The molecule has 4 aromatic rings. The first-order chi connectivity index (χ1) is 13.1. The maximum atomic E-state index is 12.8. The molecule has 0 fully saturated rings. The van der Waals surface area contributed by atoms with Gasteiger partial charge in [0.1, 0.15) is 0 Å². The highest BCUT2D eigenvalue weighted by Crippen LogP contribution is 2.20. The zero-order valence-electron chi connectivity index (χ0n) is 14.1. The number of halogens is 1. The van der Waals surface area contributed by atoms with Gasteiger partial charge in [-0.1, -0.05) is 53.8 Å². The summed E-state index contributed by atoms with van der Waals surface area (Å²) in [6.07, 6.45) is 0. The van der Waals surface area contributed by atoms with Crippen LogP contribution in [0.2, 0.25) is 5.02 Å². The van der Waals surface area contributed by atoms with Gasteiger partial charge in [-0.2, -0.15) is 0 Å². The fraction of sp³-hybridized carbons (Fsp3) is 0. The van der Waals surface area contributed by atoms with E-state index in [1.807, 2.05) is 30.3 Å². The van der Waals surface area contributed by atoms with Crippen molar-refractivity contribution < 1.29 is 0 Å². The van der Waals surface area contributed by atoms with E-state index >= 15 is 0 Å². The molecule has 0 saturated heterocycles. The van der Waals surface area contributed by atoms with Crippen LogP contribution >= 0.6 is 11.6 Å². The van der Waals surface area contributed by atoms with Gasteiger partial charge < -0.3 is 4.98 Å². The van der Waals surface area contributed by atoms with E-state index < -0.39 is 11.2 Å². The molecule has 0 bridgehead atoms. The Bertz CT molecular complexity index is 1330. The number of aromatic amines is 1. The van der Waals surface area contributed by atoms with E-state index in [1.165, 1.54) is 0 Å². The number of aromatic nitrogens is 2. The minimum Gasteiger partial charge on any atom is -0.306 e. The van der Waals surface area contributed by atoms with Crippen LogP contribution in [0.4, 0.5) is 0 Å². The number of para-hydroxylation sites is 1. The van der Waals surface area contributed by atoms with E-state index in [0.717, 1.165) is 10.1 Å². The van der Waals surface area contributed by atoms with Crippen molar-refractivity contribution in [3.05, 3.63) is 110 Å². The second-order valence-corrected chi connectivity index (χ2v) is 6.31. The summed E-state index contributed by atoms with van der Waals surface area (Å²) in [6.45, 7) is 0. The predicted molar refractivity (Wildman–Crippen MR) is 108 cm³/mol. The molecule has 0 amide bonds. The minimum atomic E-state index is -0.538. The molecule has 1 N–H and O–H groups in total. The van der Waals surface area contributed by atoms with Crippen molar-refractivity contribution in [2.45, 2.75) is 0 Å². The summed E-state index contributed by atoms with van der Waals surface area (Å²) in [5.41, 5.74) is 1.44. The van der Waals surface area contributed by atoms with Gasteiger partial charge in [0.05, 0.1) is 21.6 Å². The van der Waals surface area contributed by atoms with Crippen molar-refractivity contribution in [1.82, 2.24) is 9.55 Å². The molecule has 0 atom stereocenters. The molecule has 0 saturated carbocycles. The number of fused-ring (bicyclic) bond motifs is 1. The maximum Gasteiger partial charge on any atom is 0.333 e. The Hall–Kier alpha value is -3.55. The topological polar surface area (TPSA) is 54.9 Å². The number of nitrogens with one attached hydrogen (secondary N) is 1. The summed E-state index contributed by atoms with van der Waals surface area (Å²) in [5.74, 6) is 6.08. The van der Waals surface area contributed by atoms with E-state index in [1.54, 1.807) is 42.5 Å². The van der Waals surface area contributed by atoms with Crippen molar-refractivity contribution in [2.24, 2.45) is 0 Å². The van der Waals surface area contributed by atoms with E-state index in [4.69, 9.17) is 11.6 Å². The summed E-state index contributed by atoms with van der Waals surface area (Å²) in [5, 5.41) is 0.693. The van der Waals surface area contributed by atoms with Gasteiger partial charge >= 0.3 is 5.69 Å². The van der Waals surface area contributed by atoms with Gasteiger partial charge in [-0.3, -0.25) is 4.79 Å². The fourth-order valence-electron chi connectivity index (χ4n) is 2.81. The standard InChI is InChI=1S/C22H13ClN2O2/c23-18-14-16(11-10-15-6-2-1-3-7-15)12-13-20(18)25-21(26)17-8-4-5-9-19(17)24-22(25)27/h1-9,12-14H,(H,24,27). The Balaban J connectivity index is 1.81. The zero-order chi connectivity index (χ0) is 18.8. The molecular weight excluding hydrogens is 360 g/mol. The number of rotatable bonds is 1. The highest BCUT2D eigenvalue weighted by Gasteiger charge is 2.12. The fourth-order valence-corrected chi connectivity index (χ4v) is 3.08. The van der Waals surface area contributed by atoms with Crippen LogP contribution in [0.1, 0.15) is 11.1 Å². The Morgan fingerprint density at radius 3 is 2.30 bits per heavy atom. The zero-order valence-corrected chi connectivity index (χ0v) is 14.8. The van der Waals surface area contributed by atoms with Gasteiger partial charge in [0.15, 0.2) is 0 Å². The van der Waals surface area contributed by atoms with Crippen molar-refractivity contribution in [3.8, 4) is 17.5 Å². The van der Waals surface area contributed by atoms with E-state index in [-0.39, 0.29) is 5.02 Å². The quantitative estimate of drug-likeness (QED) is 0.517. The van der Waals surface area contributed by atoms with Crippen molar-refractivity contribution in [2.75, 3.05) is 0 Å². The summed E-state index contributed by atoms with van der Waals surface area (Å²) in [4.78, 5) is 27.9. The molecule has 0 unspecified atom stereocenters. The van der Waals surface area contributed by atoms with Gasteiger partial charge in [0.25, 0.3) is 5.56 Å². The van der Waals surface area contributed by atoms with Crippen LogP contribution in [-0.4, -0.2) is 9.55 Å². The van der Waals surface area contributed by atoms with Gasteiger partial charge in [-0.15, -0.1) is 0 Å². The lowest BCUT2D eigenvalue weighted by Gasteiger charge is -2.08. The maximum absolute atomic E-state index is 12.8. The molecule has 0 spiro atoms. The molecule has 0 aliphatic rings. The minimum absolute atomic E-state index is 0.276. The Morgan fingerprint density at radius 2 is 1.52 bits per heavy atom. The smallest absolute Gasteiger partial charge is 0.306 e. The number of nitrogens with zero attached hydrogens (tertiary/aromatic N) is 1. The van der Waals surface area contributed by atoms with Crippen LogP contribution in [0.3, 0.4) is 0 Å². The lowest BCUT2D eigenvalue weighted by Crippen LogP contribution is -2.33. The molecule has 130 valence electrons. The molecular formula is C22H13ClN2O2. The van der Waals surface area contributed by atoms with Crippen LogP contribution in [0.25, 0.3) is 16.6 Å².